The summed E-state index contributed by atoms with van der Waals surface area (Å²) in [6.07, 6.45) is 5.36. The monoisotopic (exact) mass is 360 g/mol. The van der Waals surface area contributed by atoms with Crippen LogP contribution in [-0.2, 0) is 0 Å². The van der Waals surface area contributed by atoms with Gasteiger partial charge in [-0.1, -0.05) is 53.6 Å². The first-order valence-corrected chi connectivity index (χ1v) is 8.47. The van der Waals surface area contributed by atoms with Gasteiger partial charge in [-0.25, -0.2) is 0 Å². The first-order chi connectivity index (χ1) is 11.6. The van der Waals surface area contributed by atoms with Crippen molar-refractivity contribution in [3.63, 3.8) is 0 Å². The van der Waals surface area contributed by atoms with Crippen molar-refractivity contribution >= 4 is 34.6 Å². The number of nitro benzene ring substituents is 1. The Morgan fingerprint density at radius 2 is 1.88 bits per heavy atom. The molecule has 0 fully saturated rings. The SMILES string of the molecule is O=[N+]([O-])c1ccc(C2Nc3c(ccc(Cl)c3Cl)C3C=CCC32)cc1. The standard InChI is InChI=1S/C18H14Cl2N2O2/c19-15-9-8-14-12-2-1-3-13(12)17(21-18(14)16(15)20)10-4-6-11(7-5-10)22(23)24/h1-2,4-9,12-13,17,21H,3H2. The summed E-state index contributed by atoms with van der Waals surface area (Å²) in [7, 11) is 0. The van der Waals surface area contributed by atoms with Gasteiger partial charge in [0.2, 0.25) is 0 Å². The molecule has 1 aliphatic carbocycles. The summed E-state index contributed by atoms with van der Waals surface area (Å²) in [5.41, 5.74) is 3.12. The summed E-state index contributed by atoms with van der Waals surface area (Å²) in [4.78, 5) is 10.5. The molecule has 2 aliphatic rings. The Bertz CT molecular complexity index is 849. The molecule has 4 nitrogen and oxygen atoms in total. The average Bonchev–Trinajstić information content (AvgIpc) is 3.07. The smallest absolute Gasteiger partial charge is 0.269 e. The van der Waals surface area contributed by atoms with Gasteiger partial charge in [0.1, 0.15) is 0 Å². The maximum absolute atomic E-state index is 10.9. The van der Waals surface area contributed by atoms with Crippen molar-refractivity contribution in [2.24, 2.45) is 5.92 Å². The number of hydrogen-bond donors (Lipinski definition) is 1. The molecule has 6 heteroatoms. The van der Waals surface area contributed by atoms with Crippen molar-refractivity contribution in [1.82, 2.24) is 0 Å². The van der Waals surface area contributed by atoms with Gasteiger partial charge in [-0.15, -0.1) is 0 Å². The van der Waals surface area contributed by atoms with E-state index in [-0.39, 0.29) is 22.6 Å². The van der Waals surface area contributed by atoms with Crippen LogP contribution in [0, 0.1) is 16.0 Å². The van der Waals surface area contributed by atoms with Gasteiger partial charge in [0.25, 0.3) is 5.69 Å². The van der Waals surface area contributed by atoms with Crippen LogP contribution in [0.25, 0.3) is 0 Å². The van der Waals surface area contributed by atoms with Gasteiger partial charge in [-0.05, 0) is 29.5 Å². The second-order valence-electron chi connectivity index (χ2n) is 6.15. The van der Waals surface area contributed by atoms with Gasteiger partial charge in [0.05, 0.1) is 26.7 Å². The number of allylic oxidation sites excluding steroid dienone is 2. The minimum absolute atomic E-state index is 0.0364. The predicted octanol–water partition coefficient (Wildman–Crippen LogP) is 5.73. The third-order valence-corrected chi connectivity index (χ3v) is 5.69. The van der Waals surface area contributed by atoms with E-state index in [1.54, 1.807) is 12.1 Å². The number of non-ortho nitro benzene ring substituents is 1. The van der Waals surface area contributed by atoms with Gasteiger partial charge in [0, 0.05) is 18.1 Å². The minimum Gasteiger partial charge on any atom is -0.376 e. The van der Waals surface area contributed by atoms with Gasteiger partial charge < -0.3 is 5.32 Å². The lowest BCUT2D eigenvalue weighted by molar-refractivity contribution is -0.384. The molecule has 0 spiro atoms. The van der Waals surface area contributed by atoms with Crippen molar-refractivity contribution in [1.29, 1.82) is 0 Å². The molecule has 24 heavy (non-hydrogen) atoms. The minimum atomic E-state index is -0.385. The second kappa shape index (κ2) is 5.80. The number of anilines is 1. The van der Waals surface area contributed by atoms with E-state index in [9.17, 15) is 10.1 Å². The number of nitro groups is 1. The highest BCUT2D eigenvalue weighted by molar-refractivity contribution is 6.43. The molecule has 0 radical (unpaired) electrons. The summed E-state index contributed by atoms with van der Waals surface area (Å²) in [5, 5.41) is 15.4. The number of halogens is 2. The molecule has 1 heterocycles. The normalized spacial score (nSPS) is 24.2. The Labute approximate surface area is 149 Å². The van der Waals surface area contributed by atoms with Crippen LogP contribution in [-0.4, -0.2) is 4.92 Å². The molecule has 3 unspecified atom stereocenters. The van der Waals surface area contributed by atoms with Crippen LogP contribution in [0.2, 0.25) is 10.0 Å². The zero-order valence-corrected chi connectivity index (χ0v) is 14.1. The number of nitrogens with zero attached hydrogens (tertiary/aromatic N) is 1. The van der Waals surface area contributed by atoms with Crippen molar-refractivity contribution in [2.45, 2.75) is 18.4 Å². The molecule has 0 bridgehead atoms. The summed E-state index contributed by atoms with van der Waals surface area (Å²) in [6, 6.07) is 10.6. The summed E-state index contributed by atoms with van der Waals surface area (Å²) in [6.45, 7) is 0. The number of nitrogens with one attached hydrogen (secondary N) is 1. The Balaban J connectivity index is 1.77. The van der Waals surface area contributed by atoms with Gasteiger partial charge in [-0.3, -0.25) is 10.1 Å². The zero-order chi connectivity index (χ0) is 16.8. The maximum Gasteiger partial charge on any atom is 0.269 e. The summed E-state index contributed by atoms with van der Waals surface area (Å²) < 4.78 is 0. The average molecular weight is 361 g/mol. The lowest BCUT2D eigenvalue weighted by atomic mass is 9.77. The molecule has 1 aliphatic heterocycles. The Morgan fingerprint density at radius 3 is 2.58 bits per heavy atom. The third-order valence-electron chi connectivity index (χ3n) is 4.89. The fraction of sp³-hybridized carbons (Fsp3) is 0.222. The van der Waals surface area contributed by atoms with Gasteiger partial charge in [0.15, 0.2) is 0 Å². The van der Waals surface area contributed by atoms with Crippen molar-refractivity contribution in [3.8, 4) is 0 Å². The van der Waals surface area contributed by atoms with E-state index < -0.39 is 0 Å². The maximum atomic E-state index is 10.9. The van der Waals surface area contributed by atoms with Crippen molar-refractivity contribution in [3.05, 3.63) is 79.8 Å². The molecule has 2 aromatic rings. The van der Waals surface area contributed by atoms with E-state index in [1.165, 1.54) is 0 Å². The topological polar surface area (TPSA) is 55.2 Å². The highest BCUT2D eigenvalue weighted by atomic mass is 35.5. The van der Waals surface area contributed by atoms with Crippen LogP contribution in [0.5, 0.6) is 0 Å². The fourth-order valence-electron chi connectivity index (χ4n) is 3.74. The van der Waals surface area contributed by atoms with Crippen molar-refractivity contribution < 1.29 is 4.92 Å². The first kappa shape index (κ1) is 15.5. The molecular weight excluding hydrogens is 347 g/mol. The highest BCUT2D eigenvalue weighted by Crippen LogP contribution is 2.52. The van der Waals surface area contributed by atoms with E-state index in [1.807, 2.05) is 24.3 Å². The molecule has 0 saturated heterocycles. The number of hydrogen-bond acceptors (Lipinski definition) is 3. The zero-order valence-electron chi connectivity index (χ0n) is 12.6. The predicted molar refractivity (Wildman–Crippen MR) is 95.9 cm³/mol. The molecule has 0 amide bonds. The van der Waals surface area contributed by atoms with E-state index in [0.717, 1.165) is 23.2 Å². The summed E-state index contributed by atoms with van der Waals surface area (Å²) >= 11 is 12.6. The van der Waals surface area contributed by atoms with Crippen LogP contribution in [0.1, 0.15) is 29.5 Å². The van der Waals surface area contributed by atoms with E-state index in [2.05, 4.69) is 17.5 Å². The first-order valence-electron chi connectivity index (χ1n) is 7.71. The quantitative estimate of drug-likeness (QED) is 0.422. The molecular formula is C18H14Cl2N2O2. The Morgan fingerprint density at radius 1 is 1.12 bits per heavy atom. The van der Waals surface area contributed by atoms with Crippen LogP contribution in [0.15, 0.2) is 48.6 Å². The van der Waals surface area contributed by atoms with Crippen LogP contribution in [0.3, 0.4) is 0 Å². The Hall–Kier alpha value is -2.04. The summed E-state index contributed by atoms with van der Waals surface area (Å²) in [5.74, 6) is 0.632. The van der Waals surface area contributed by atoms with E-state index in [0.29, 0.717) is 16.0 Å². The third kappa shape index (κ3) is 2.38. The number of benzene rings is 2. The molecule has 0 aromatic heterocycles. The van der Waals surface area contributed by atoms with Crippen LogP contribution >= 0.6 is 23.2 Å². The molecule has 2 aromatic carbocycles. The van der Waals surface area contributed by atoms with Crippen LogP contribution < -0.4 is 5.32 Å². The number of fused-ring (bicyclic) bond motifs is 3. The van der Waals surface area contributed by atoms with E-state index in [4.69, 9.17) is 23.2 Å². The highest BCUT2D eigenvalue weighted by Gasteiger charge is 2.39. The van der Waals surface area contributed by atoms with Gasteiger partial charge >= 0.3 is 0 Å². The molecule has 0 saturated carbocycles. The van der Waals surface area contributed by atoms with E-state index >= 15 is 0 Å². The lowest BCUT2D eigenvalue weighted by Gasteiger charge is -2.38. The van der Waals surface area contributed by atoms with Crippen molar-refractivity contribution in [2.75, 3.05) is 5.32 Å². The largest absolute Gasteiger partial charge is 0.376 e. The molecule has 1 N–H and O–H groups in total. The van der Waals surface area contributed by atoms with Gasteiger partial charge in [-0.2, -0.15) is 0 Å². The molecule has 4 rings (SSSR count). The number of rotatable bonds is 2. The second-order valence-corrected chi connectivity index (χ2v) is 6.93. The fourth-order valence-corrected chi connectivity index (χ4v) is 4.12. The lowest BCUT2D eigenvalue weighted by Crippen LogP contribution is -2.29. The van der Waals surface area contributed by atoms with Crippen LogP contribution in [0.4, 0.5) is 11.4 Å². The molecule has 122 valence electrons. The Kier molecular flexibility index (Phi) is 3.74. The molecule has 3 atom stereocenters.